The molecule has 0 saturated carbocycles. The first-order valence-electron chi connectivity index (χ1n) is 9.84. The molecule has 0 bridgehead atoms. The smallest absolute Gasteiger partial charge is 0.233 e. The fourth-order valence-electron chi connectivity index (χ4n) is 3.85. The van der Waals surface area contributed by atoms with E-state index in [2.05, 4.69) is 10.6 Å². The second kappa shape index (κ2) is 8.31. The van der Waals surface area contributed by atoms with Gasteiger partial charge in [-0.3, -0.25) is 19.3 Å². The lowest BCUT2D eigenvalue weighted by Gasteiger charge is -2.14. The number of amides is 3. The van der Waals surface area contributed by atoms with E-state index in [9.17, 15) is 14.4 Å². The highest BCUT2D eigenvalue weighted by Crippen LogP contribution is 2.35. The third-order valence-corrected chi connectivity index (χ3v) is 5.39. The summed E-state index contributed by atoms with van der Waals surface area (Å²) in [5, 5.41) is 6.10. The highest BCUT2D eigenvalue weighted by Gasteiger charge is 2.46. The van der Waals surface area contributed by atoms with Gasteiger partial charge in [0.25, 0.3) is 0 Å². The van der Waals surface area contributed by atoms with Crippen molar-refractivity contribution in [2.75, 3.05) is 17.2 Å². The molecular formula is C23H23N3O3. The Bertz CT molecular complexity index is 912. The second-order valence-corrected chi connectivity index (χ2v) is 7.35. The van der Waals surface area contributed by atoms with E-state index in [4.69, 9.17) is 0 Å². The predicted molar refractivity (Wildman–Crippen MR) is 111 cm³/mol. The lowest BCUT2D eigenvalue weighted by atomic mass is 9.85. The van der Waals surface area contributed by atoms with Crippen LogP contribution in [0.15, 0.2) is 66.7 Å². The van der Waals surface area contributed by atoms with E-state index in [1.165, 1.54) is 4.90 Å². The minimum atomic E-state index is -0.250. The third kappa shape index (κ3) is 4.21. The Kier molecular flexibility index (Phi) is 5.42. The van der Waals surface area contributed by atoms with Crippen molar-refractivity contribution in [3.8, 4) is 0 Å². The van der Waals surface area contributed by atoms with Crippen molar-refractivity contribution in [3.63, 3.8) is 0 Å². The number of nitrogens with zero attached hydrogens (tertiary/aromatic N) is 1. The van der Waals surface area contributed by atoms with Gasteiger partial charge in [-0.2, -0.15) is 0 Å². The largest absolute Gasteiger partial charge is 0.356 e. The van der Waals surface area contributed by atoms with Crippen molar-refractivity contribution < 1.29 is 14.4 Å². The van der Waals surface area contributed by atoms with Crippen LogP contribution in [0.2, 0.25) is 0 Å². The van der Waals surface area contributed by atoms with Crippen LogP contribution >= 0.6 is 0 Å². The maximum Gasteiger partial charge on any atom is 0.233 e. The summed E-state index contributed by atoms with van der Waals surface area (Å²) >= 11 is 0. The molecule has 2 aliphatic rings. The zero-order valence-corrected chi connectivity index (χ0v) is 16.0. The summed E-state index contributed by atoms with van der Waals surface area (Å²) in [6.07, 6.45) is 5.23. The molecule has 6 heteroatoms. The zero-order valence-electron chi connectivity index (χ0n) is 16.0. The van der Waals surface area contributed by atoms with E-state index < -0.39 is 0 Å². The van der Waals surface area contributed by atoms with E-state index >= 15 is 0 Å². The highest BCUT2D eigenvalue weighted by atomic mass is 16.2. The van der Waals surface area contributed by atoms with Crippen molar-refractivity contribution in [2.45, 2.75) is 19.3 Å². The number of fused-ring (bicyclic) bond motifs is 1. The molecular weight excluding hydrogens is 366 g/mol. The number of imide groups is 1. The highest BCUT2D eigenvalue weighted by molar-refractivity contribution is 6.05. The molecule has 1 aliphatic heterocycles. The summed E-state index contributed by atoms with van der Waals surface area (Å²) in [6.45, 7) is 0.129. The first-order valence-corrected chi connectivity index (χ1v) is 9.84. The van der Waals surface area contributed by atoms with Gasteiger partial charge in [0.2, 0.25) is 17.7 Å². The van der Waals surface area contributed by atoms with Gasteiger partial charge in [-0.15, -0.1) is 0 Å². The topological polar surface area (TPSA) is 78.5 Å². The molecule has 2 atom stereocenters. The number of carbonyl (C=O) groups excluding carboxylic acids is 3. The molecule has 0 spiro atoms. The minimum Gasteiger partial charge on any atom is -0.356 e. The molecule has 2 N–H and O–H groups in total. The van der Waals surface area contributed by atoms with E-state index in [1.54, 1.807) is 0 Å². The Balaban J connectivity index is 1.29. The number of benzene rings is 2. The van der Waals surface area contributed by atoms with Crippen molar-refractivity contribution in [1.82, 2.24) is 4.90 Å². The van der Waals surface area contributed by atoms with E-state index in [-0.39, 0.29) is 42.5 Å². The summed E-state index contributed by atoms with van der Waals surface area (Å²) in [4.78, 5) is 38.4. The van der Waals surface area contributed by atoms with E-state index in [0.29, 0.717) is 18.5 Å². The number of para-hydroxylation sites is 1. The van der Waals surface area contributed by atoms with Crippen LogP contribution in [0.5, 0.6) is 0 Å². The zero-order chi connectivity index (χ0) is 20.2. The number of allylic oxidation sites excluding steroid dienone is 2. The number of anilines is 3. The Morgan fingerprint density at radius 1 is 0.828 bits per heavy atom. The molecule has 2 aromatic carbocycles. The lowest BCUT2D eigenvalue weighted by molar-refractivity contribution is -0.140. The fraction of sp³-hybridized carbons (Fsp3) is 0.261. The Morgan fingerprint density at radius 2 is 1.38 bits per heavy atom. The average Bonchev–Trinajstić information content (AvgIpc) is 2.99. The number of hydrogen-bond donors (Lipinski definition) is 2. The normalized spacial score (nSPS) is 20.5. The molecule has 0 radical (unpaired) electrons. The molecule has 1 heterocycles. The van der Waals surface area contributed by atoms with Crippen molar-refractivity contribution in [3.05, 3.63) is 66.7 Å². The Labute approximate surface area is 169 Å². The minimum absolute atomic E-state index is 0.0916. The van der Waals surface area contributed by atoms with Crippen molar-refractivity contribution in [1.29, 1.82) is 0 Å². The van der Waals surface area contributed by atoms with Crippen LogP contribution in [0.1, 0.15) is 19.3 Å². The maximum atomic E-state index is 12.4. The van der Waals surface area contributed by atoms with E-state index in [0.717, 1.165) is 11.4 Å². The van der Waals surface area contributed by atoms with Gasteiger partial charge >= 0.3 is 0 Å². The molecule has 2 aromatic rings. The summed E-state index contributed by atoms with van der Waals surface area (Å²) < 4.78 is 0. The summed E-state index contributed by atoms with van der Waals surface area (Å²) in [6, 6.07) is 17.2. The Morgan fingerprint density at radius 3 is 2.00 bits per heavy atom. The molecule has 0 aromatic heterocycles. The number of nitrogens with one attached hydrogen (secondary N) is 2. The molecule has 6 nitrogen and oxygen atoms in total. The van der Waals surface area contributed by atoms with Gasteiger partial charge in [-0.25, -0.2) is 0 Å². The first-order chi connectivity index (χ1) is 14.1. The fourth-order valence-corrected chi connectivity index (χ4v) is 3.85. The standard InChI is InChI=1S/C23H23N3O3/c27-21(14-15-26-22(28)19-8-4-5-9-20(19)23(26)29)25-18-12-10-17(11-13-18)24-16-6-2-1-3-7-16/h1-7,10-13,19-20,24H,8-9,14-15H2,(H,25,27)/t19-,20+. The predicted octanol–water partition coefficient (Wildman–Crippen LogP) is 3.71. The molecule has 4 rings (SSSR count). The van der Waals surface area contributed by atoms with Crippen LogP contribution in [0.4, 0.5) is 17.1 Å². The molecule has 29 heavy (non-hydrogen) atoms. The molecule has 1 fully saturated rings. The first kappa shape index (κ1) is 18.9. The lowest BCUT2D eigenvalue weighted by Crippen LogP contribution is -2.34. The number of carbonyl (C=O) groups is 3. The number of likely N-dealkylation sites (tertiary alicyclic amines) is 1. The summed E-state index contributed by atoms with van der Waals surface area (Å²) in [7, 11) is 0. The average molecular weight is 389 g/mol. The van der Waals surface area contributed by atoms with Crippen LogP contribution in [-0.2, 0) is 14.4 Å². The van der Waals surface area contributed by atoms with Gasteiger partial charge < -0.3 is 10.6 Å². The molecule has 1 saturated heterocycles. The SMILES string of the molecule is O=C(CCN1C(=O)[C@H]2CC=CC[C@H]2C1=O)Nc1ccc(Nc2ccccc2)cc1. The van der Waals surface area contributed by atoms with Gasteiger partial charge in [0.1, 0.15) is 0 Å². The maximum absolute atomic E-state index is 12.4. The third-order valence-electron chi connectivity index (χ3n) is 5.39. The molecule has 1 aliphatic carbocycles. The monoisotopic (exact) mass is 389 g/mol. The van der Waals surface area contributed by atoms with Crippen LogP contribution in [0.25, 0.3) is 0 Å². The van der Waals surface area contributed by atoms with Crippen LogP contribution in [-0.4, -0.2) is 29.2 Å². The van der Waals surface area contributed by atoms with Gasteiger partial charge in [-0.1, -0.05) is 30.4 Å². The second-order valence-electron chi connectivity index (χ2n) is 7.35. The molecule has 3 amide bonds. The summed E-state index contributed by atoms with van der Waals surface area (Å²) in [5.74, 6) is -1.01. The van der Waals surface area contributed by atoms with Gasteiger partial charge in [0.15, 0.2) is 0 Å². The molecule has 0 unspecified atom stereocenters. The molecule has 148 valence electrons. The van der Waals surface area contributed by atoms with Crippen LogP contribution in [0, 0.1) is 11.8 Å². The van der Waals surface area contributed by atoms with Crippen molar-refractivity contribution >= 4 is 34.8 Å². The van der Waals surface area contributed by atoms with Crippen LogP contribution in [0.3, 0.4) is 0 Å². The summed E-state index contributed by atoms with van der Waals surface area (Å²) in [5.41, 5.74) is 2.57. The van der Waals surface area contributed by atoms with Gasteiger partial charge in [0, 0.05) is 30.0 Å². The number of hydrogen-bond acceptors (Lipinski definition) is 4. The Hall–Kier alpha value is -3.41. The van der Waals surface area contributed by atoms with E-state index in [1.807, 2.05) is 66.7 Å². The van der Waals surface area contributed by atoms with Crippen LogP contribution < -0.4 is 10.6 Å². The van der Waals surface area contributed by atoms with Gasteiger partial charge in [-0.05, 0) is 49.2 Å². The number of rotatable bonds is 6. The van der Waals surface area contributed by atoms with Crippen molar-refractivity contribution in [2.24, 2.45) is 11.8 Å². The quantitative estimate of drug-likeness (QED) is 0.583. The van der Waals surface area contributed by atoms with Gasteiger partial charge in [0.05, 0.1) is 11.8 Å².